The fourth-order valence-electron chi connectivity index (χ4n) is 2.96. The van der Waals surface area contributed by atoms with E-state index in [-0.39, 0.29) is 43.7 Å². The number of halogens is 6. The molecule has 1 heterocycles. The molecule has 1 aliphatic rings. The molecule has 2 rings (SSSR count). The zero-order chi connectivity index (χ0) is 21.1. The average Bonchev–Trinajstić information content (AvgIpc) is 2.58. The van der Waals surface area contributed by atoms with Crippen LogP contribution in [0.15, 0.2) is 24.0 Å². The van der Waals surface area contributed by atoms with E-state index in [2.05, 4.69) is 0 Å². The maximum absolute atomic E-state index is 13.7. The third-order valence-corrected chi connectivity index (χ3v) is 4.32. The van der Waals surface area contributed by atoms with Crippen LogP contribution in [-0.2, 0) is 11.2 Å². The van der Waals surface area contributed by atoms with E-state index in [1.807, 2.05) is 0 Å². The van der Waals surface area contributed by atoms with Crippen molar-refractivity contribution in [2.24, 2.45) is 11.5 Å². The lowest BCUT2D eigenvalue weighted by molar-refractivity contribution is -0.146. The Morgan fingerprint density at radius 3 is 2.39 bits per heavy atom. The summed E-state index contributed by atoms with van der Waals surface area (Å²) in [5.41, 5.74) is 11.2. The number of alkyl halides is 3. The number of hydrogen-bond acceptors (Lipinski definition) is 4. The molecular weight excluding hydrogens is 390 g/mol. The molecule has 156 valence electrons. The molecule has 0 aliphatic carbocycles. The molecule has 1 saturated heterocycles. The van der Waals surface area contributed by atoms with Crippen molar-refractivity contribution in [2.75, 3.05) is 26.2 Å². The second-order valence-electron chi connectivity index (χ2n) is 6.54. The molecule has 0 bridgehead atoms. The predicted octanol–water partition coefficient (Wildman–Crippen LogP) is 1.87. The van der Waals surface area contributed by atoms with Crippen LogP contribution in [0.3, 0.4) is 0 Å². The molecule has 28 heavy (non-hydrogen) atoms. The summed E-state index contributed by atoms with van der Waals surface area (Å²) in [5, 5.41) is 0. The summed E-state index contributed by atoms with van der Waals surface area (Å²) in [6, 6.07) is 0.197. The topological polar surface area (TPSA) is 75.6 Å². The maximum atomic E-state index is 13.7. The van der Waals surface area contributed by atoms with Crippen LogP contribution >= 0.6 is 0 Å². The van der Waals surface area contributed by atoms with Gasteiger partial charge in [0.1, 0.15) is 12.4 Å². The Balaban J connectivity index is 1.95. The number of benzene rings is 1. The molecule has 0 saturated carbocycles. The summed E-state index contributed by atoms with van der Waals surface area (Å²) < 4.78 is 77.6. The molecule has 0 aromatic heterocycles. The first-order valence-corrected chi connectivity index (χ1v) is 8.39. The molecule has 11 heteroatoms. The minimum absolute atomic E-state index is 0.0402. The number of nitrogens with two attached hydrogens (primary N) is 2. The Labute approximate surface area is 157 Å². The number of carbonyl (C=O) groups excluding carboxylic acids is 1. The quantitative estimate of drug-likeness (QED) is 0.574. The Morgan fingerprint density at radius 2 is 1.79 bits per heavy atom. The van der Waals surface area contributed by atoms with E-state index in [9.17, 15) is 31.1 Å². The Morgan fingerprint density at radius 1 is 1.14 bits per heavy atom. The predicted molar refractivity (Wildman–Crippen MR) is 89.1 cm³/mol. The summed E-state index contributed by atoms with van der Waals surface area (Å²) in [6.45, 7) is -1.30. The van der Waals surface area contributed by atoms with E-state index in [0.717, 1.165) is 11.1 Å². The monoisotopic (exact) mass is 410 g/mol. The van der Waals surface area contributed by atoms with Gasteiger partial charge in [-0.25, -0.2) is 13.2 Å². The van der Waals surface area contributed by atoms with Crippen molar-refractivity contribution in [3.63, 3.8) is 0 Å². The lowest BCUT2D eigenvalue weighted by Gasteiger charge is -2.38. The second-order valence-corrected chi connectivity index (χ2v) is 6.54. The SMILES string of the molecule is N/C=C1/CN(C(=O)C[C@H](N)Cc2cc(F)c(F)cc2F)CCN1CC(F)(F)F. The molecule has 0 radical (unpaired) electrons. The molecule has 5 nitrogen and oxygen atoms in total. The highest BCUT2D eigenvalue weighted by Gasteiger charge is 2.34. The smallest absolute Gasteiger partial charge is 0.403 e. The highest BCUT2D eigenvalue weighted by atomic mass is 19.4. The second kappa shape index (κ2) is 8.72. The first-order valence-electron chi connectivity index (χ1n) is 8.39. The molecule has 1 fully saturated rings. The highest BCUT2D eigenvalue weighted by Crippen LogP contribution is 2.22. The average molecular weight is 410 g/mol. The van der Waals surface area contributed by atoms with Gasteiger partial charge in [0.05, 0.1) is 6.54 Å². The summed E-state index contributed by atoms with van der Waals surface area (Å²) in [7, 11) is 0. The van der Waals surface area contributed by atoms with Crippen LogP contribution in [0.25, 0.3) is 0 Å². The molecule has 1 aromatic rings. The minimum atomic E-state index is -4.41. The molecule has 1 amide bonds. The van der Waals surface area contributed by atoms with Gasteiger partial charge in [-0.1, -0.05) is 0 Å². The van der Waals surface area contributed by atoms with E-state index >= 15 is 0 Å². The van der Waals surface area contributed by atoms with E-state index in [1.165, 1.54) is 4.90 Å². The number of nitrogens with zero attached hydrogens (tertiary/aromatic N) is 2. The van der Waals surface area contributed by atoms with E-state index in [0.29, 0.717) is 12.1 Å². The summed E-state index contributed by atoms with van der Waals surface area (Å²) in [5.74, 6) is -3.99. The number of rotatable bonds is 5. The van der Waals surface area contributed by atoms with Gasteiger partial charge in [-0.3, -0.25) is 4.79 Å². The van der Waals surface area contributed by atoms with Gasteiger partial charge in [0.2, 0.25) is 5.91 Å². The van der Waals surface area contributed by atoms with Crippen LogP contribution in [0.5, 0.6) is 0 Å². The third-order valence-electron chi connectivity index (χ3n) is 4.32. The van der Waals surface area contributed by atoms with Crippen molar-refractivity contribution in [3.05, 3.63) is 47.0 Å². The molecule has 4 N–H and O–H groups in total. The molecule has 1 aromatic carbocycles. The fourth-order valence-corrected chi connectivity index (χ4v) is 2.96. The van der Waals surface area contributed by atoms with Crippen LogP contribution in [0, 0.1) is 17.5 Å². The molecule has 0 spiro atoms. The Hall–Kier alpha value is -2.43. The maximum Gasteiger partial charge on any atom is 0.405 e. The van der Waals surface area contributed by atoms with Gasteiger partial charge in [0, 0.05) is 43.5 Å². The van der Waals surface area contributed by atoms with Gasteiger partial charge in [-0.2, -0.15) is 13.2 Å². The fraction of sp³-hybridized carbons (Fsp3) is 0.471. The van der Waals surface area contributed by atoms with Gasteiger partial charge >= 0.3 is 6.18 Å². The van der Waals surface area contributed by atoms with Crippen molar-refractivity contribution in [1.29, 1.82) is 0 Å². The summed E-state index contributed by atoms with van der Waals surface area (Å²) in [4.78, 5) is 14.7. The molecule has 1 atom stereocenters. The third kappa shape index (κ3) is 5.78. The zero-order valence-electron chi connectivity index (χ0n) is 14.8. The van der Waals surface area contributed by atoms with Gasteiger partial charge < -0.3 is 21.3 Å². The van der Waals surface area contributed by atoms with Crippen LogP contribution in [0.1, 0.15) is 12.0 Å². The summed E-state index contributed by atoms with van der Waals surface area (Å²) in [6.07, 6.45) is -3.84. The number of piperazine rings is 1. The number of hydrogen-bond donors (Lipinski definition) is 2. The van der Waals surface area contributed by atoms with Crippen molar-refractivity contribution < 1.29 is 31.1 Å². The minimum Gasteiger partial charge on any atom is -0.403 e. The van der Waals surface area contributed by atoms with Crippen molar-refractivity contribution in [2.45, 2.75) is 25.1 Å². The number of amides is 1. The highest BCUT2D eigenvalue weighted by molar-refractivity contribution is 5.77. The molecule has 1 aliphatic heterocycles. The normalized spacial score (nSPS) is 17.9. The number of carbonyl (C=O) groups is 1. The molecule has 0 unspecified atom stereocenters. The summed E-state index contributed by atoms with van der Waals surface area (Å²) >= 11 is 0. The van der Waals surface area contributed by atoms with Crippen LogP contribution < -0.4 is 11.5 Å². The Kier molecular flexibility index (Phi) is 6.81. The van der Waals surface area contributed by atoms with Crippen molar-refractivity contribution in [3.8, 4) is 0 Å². The lowest BCUT2D eigenvalue weighted by atomic mass is 10.0. The van der Waals surface area contributed by atoms with Crippen LogP contribution in [0.2, 0.25) is 0 Å². The Bertz CT molecular complexity index is 752. The van der Waals surface area contributed by atoms with E-state index < -0.39 is 42.1 Å². The van der Waals surface area contributed by atoms with Gasteiger partial charge in [0.15, 0.2) is 11.6 Å². The van der Waals surface area contributed by atoms with E-state index in [4.69, 9.17) is 11.5 Å². The van der Waals surface area contributed by atoms with E-state index in [1.54, 1.807) is 0 Å². The zero-order valence-corrected chi connectivity index (χ0v) is 14.8. The van der Waals surface area contributed by atoms with Gasteiger partial charge in [-0.15, -0.1) is 0 Å². The van der Waals surface area contributed by atoms with Crippen LogP contribution in [-0.4, -0.2) is 54.1 Å². The first-order chi connectivity index (χ1) is 13.0. The van der Waals surface area contributed by atoms with Crippen molar-refractivity contribution in [1.82, 2.24) is 9.80 Å². The standard InChI is InChI=1S/C17H20F6N4O/c18-13-6-15(20)14(19)4-10(13)3-11(25)5-16(28)26-1-2-27(9-17(21,22)23)12(7-24)8-26/h4,6-7,11H,1-3,5,8-9,24-25H2/b12-7-/t11-/m1/s1. The first kappa shape index (κ1) is 21.9. The lowest BCUT2D eigenvalue weighted by Crippen LogP contribution is -2.50. The van der Waals surface area contributed by atoms with Gasteiger partial charge in [-0.05, 0) is 18.1 Å². The van der Waals surface area contributed by atoms with Crippen molar-refractivity contribution >= 4 is 5.91 Å². The largest absolute Gasteiger partial charge is 0.405 e. The van der Waals surface area contributed by atoms with Gasteiger partial charge in [0.25, 0.3) is 0 Å². The molecular formula is C17H20F6N4O. The van der Waals surface area contributed by atoms with Crippen LogP contribution in [0.4, 0.5) is 26.3 Å².